The van der Waals surface area contributed by atoms with E-state index in [1.165, 1.54) is 0 Å². The number of halogens is 1. The lowest BCUT2D eigenvalue weighted by atomic mass is 10.1. The van der Waals surface area contributed by atoms with Crippen molar-refractivity contribution < 1.29 is 9.21 Å². The van der Waals surface area contributed by atoms with E-state index in [2.05, 4.69) is 32.8 Å². The van der Waals surface area contributed by atoms with E-state index in [4.69, 9.17) is 4.42 Å². The molecule has 0 aliphatic rings. The Morgan fingerprint density at radius 2 is 1.73 bits per heavy atom. The van der Waals surface area contributed by atoms with E-state index in [9.17, 15) is 4.79 Å². The molecule has 6 heteroatoms. The van der Waals surface area contributed by atoms with Gasteiger partial charge in [0.25, 0.3) is 5.22 Å². The first kappa shape index (κ1) is 15.2. The molecule has 0 saturated heterocycles. The van der Waals surface area contributed by atoms with Crippen LogP contribution in [0, 0.1) is 10.5 Å². The van der Waals surface area contributed by atoms with E-state index in [1.807, 2.05) is 43.3 Å². The second-order valence-electron chi connectivity index (χ2n) is 4.64. The number of aryl methyl sites for hydroxylation is 1. The van der Waals surface area contributed by atoms with Gasteiger partial charge in [0.05, 0.1) is 0 Å². The highest BCUT2D eigenvalue weighted by Gasteiger charge is 2.14. The molecule has 0 N–H and O–H groups in total. The van der Waals surface area contributed by atoms with E-state index in [0.717, 1.165) is 26.5 Å². The van der Waals surface area contributed by atoms with Crippen LogP contribution in [0.2, 0.25) is 0 Å². The third kappa shape index (κ3) is 3.56. The standard InChI is InChI=1S/C16H11IN2O2S/c1-10-2-4-11(5-3-10)14-18-19-16(21-14)22-15(20)12-6-8-13(17)9-7-12/h2-9H,1H3. The molecule has 2 aromatic carbocycles. The molecule has 0 aliphatic heterocycles. The lowest BCUT2D eigenvalue weighted by molar-refractivity contribution is 0.108. The van der Waals surface area contributed by atoms with Gasteiger partial charge in [-0.25, -0.2) is 0 Å². The molecule has 3 rings (SSSR count). The minimum absolute atomic E-state index is 0.115. The smallest absolute Gasteiger partial charge is 0.284 e. The van der Waals surface area contributed by atoms with Gasteiger partial charge in [0, 0.05) is 26.5 Å². The number of aromatic nitrogens is 2. The molecule has 0 radical (unpaired) electrons. The summed E-state index contributed by atoms with van der Waals surface area (Å²) < 4.78 is 6.63. The highest BCUT2D eigenvalue weighted by atomic mass is 127. The molecule has 0 bridgehead atoms. The van der Waals surface area contributed by atoms with Crippen LogP contribution in [0.5, 0.6) is 0 Å². The van der Waals surface area contributed by atoms with Crippen LogP contribution in [0.25, 0.3) is 11.5 Å². The first-order chi connectivity index (χ1) is 10.6. The van der Waals surface area contributed by atoms with Crippen molar-refractivity contribution in [1.82, 2.24) is 10.2 Å². The fraction of sp³-hybridized carbons (Fsp3) is 0.0625. The van der Waals surface area contributed by atoms with Gasteiger partial charge < -0.3 is 4.42 Å². The van der Waals surface area contributed by atoms with Crippen molar-refractivity contribution in [2.45, 2.75) is 12.1 Å². The first-order valence-electron chi connectivity index (χ1n) is 6.50. The Hall–Kier alpha value is -1.67. The van der Waals surface area contributed by atoms with E-state index in [0.29, 0.717) is 11.5 Å². The van der Waals surface area contributed by atoms with Crippen LogP contribution >= 0.6 is 34.4 Å². The monoisotopic (exact) mass is 422 g/mol. The predicted molar refractivity (Wildman–Crippen MR) is 93.8 cm³/mol. The topological polar surface area (TPSA) is 56.0 Å². The molecule has 0 saturated carbocycles. The van der Waals surface area contributed by atoms with Crippen LogP contribution < -0.4 is 0 Å². The lowest BCUT2D eigenvalue weighted by Gasteiger charge is -1.97. The lowest BCUT2D eigenvalue weighted by Crippen LogP contribution is -1.92. The molecule has 3 aromatic rings. The van der Waals surface area contributed by atoms with Gasteiger partial charge in [0.15, 0.2) is 0 Å². The van der Waals surface area contributed by atoms with E-state index in [1.54, 1.807) is 12.1 Å². The van der Waals surface area contributed by atoms with Gasteiger partial charge in [0.2, 0.25) is 11.0 Å². The zero-order valence-electron chi connectivity index (χ0n) is 11.6. The Labute approximate surface area is 145 Å². The summed E-state index contributed by atoms with van der Waals surface area (Å²) in [5.41, 5.74) is 2.61. The Morgan fingerprint density at radius 1 is 1.05 bits per heavy atom. The average Bonchev–Trinajstić information content (AvgIpc) is 2.97. The number of hydrogen-bond donors (Lipinski definition) is 0. The fourth-order valence-electron chi connectivity index (χ4n) is 1.79. The highest BCUT2D eigenvalue weighted by molar-refractivity contribution is 14.1. The zero-order valence-corrected chi connectivity index (χ0v) is 14.6. The second-order valence-corrected chi connectivity index (χ2v) is 6.81. The summed E-state index contributed by atoms with van der Waals surface area (Å²) >= 11 is 3.14. The molecule has 4 nitrogen and oxygen atoms in total. The van der Waals surface area contributed by atoms with Crippen molar-refractivity contribution in [2.75, 3.05) is 0 Å². The summed E-state index contributed by atoms with van der Waals surface area (Å²) in [6, 6.07) is 15.1. The van der Waals surface area contributed by atoms with Crippen LogP contribution in [-0.2, 0) is 0 Å². The number of rotatable bonds is 3. The number of carbonyl (C=O) groups excluding carboxylic acids is 1. The zero-order chi connectivity index (χ0) is 15.5. The van der Waals surface area contributed by atoms with Crippen molar-refractivity contribution in [3.05, 3.63) is 63.2 Å². The molecular formula is C16H11IN2O2S. The van der Waals surface area contributed by atoms with Gasteiger partial charge in [-0.3, -0.25) is 4.79 Å². The minimum Gasteiger partial charge on any atom is -0.411 e. The number of nitrogens with zero attached hydrogens (tertiary/aromatic N) is 2. The quantitative estimate of drug-likeness (QED) is 0.457. The van der Waals surface area contributed by atoms with Crippen molar-refractivity contribution in [2.24, 2.45) is 0 Å². The van der Waals surface area contributed by atoms with E-state index >= 15 is 0 Å². The van der Waals surface area contributed by atoms with Gasteiger partial charge in [-0.2, -0.15) is 0 Å². The van der Waals surface area contributed by atoms with Gasteiger partial charge in [-0.1, -0.05) is 17.7 Å². The van der Waals surface area contributed by atoms with Gasteiger partial charge >= 0.3 is 0 Å². The molecular weight excluding hydrogens is 411 g/mol. The van der Waals surface area contributed by atoms with Crippen LogP contribution in [0.4, 0.5) is 0 Å². The van der Waals surface area contributed by atoms with Gasteiger partial charge in [-0.05, 0) is 65.9 Å². The van der Waals surface area contributed by atoms with Crippen LogP contribution in [0.1, 0.15) is 15.9 Å². The highest BCUT2D eigenvalue weighted by Crippen LogP contribution is 2.26. The summed E-state index contributed by atoms with van der Waals surface area (Å²) in [7, 11) is 0. The number of hydrogen-bond acceptors (Lipinski definition) is 5. The maximum atomic E-state index is 12.1. The van der Waals surface area contributed by atoms with Crippen LogP contribution in [0.15, 0.2) is 58.2 Å². The molecule has 110 valence electrons. The third-order valence-corrected chi connectivity index (χ3v) is 4.44. The van der Waals surface area contributed by atoms with Gasteiger partial charge in [0.1, 0.15) is 0 Å². The summed E-state index contributed by atoms with van der Waals surface area (Å²) in [5, 5.41) is 8.04. The molecule has 1 aromatic heterocycles. The summed E-state index contributed by atoms with van der Waals surface area (Å²) in [6.45, 7) is 2.01. The first-order valence-corrected chi connectivity index (χ1v) is 8.39. The Morgan fingerprint density at radius 3 is 2.41 bits per heavy atom. The molecule has 0 fully saturated rings. The van der Waals surface area contributed by atoms with Crippen molar-refractivity contribution in [1.29, 1.82) is 0 Å². The molecule has 0 amide bonds. The predicted octanol–water partition coefficient (Wildman–Crippen LogP) is 4.58. The Balaban J connectivity index is 1.75. The molecule has 0 spiro atoms. The molecule has 0 aliphatic carbocycles. The van der Waals surface area contributed by atoms with E-state index < -0.39 is 0 Å². The van der Waals surface area contributed by atoms with Crippen LogP contribution in [-0.4, -0.2) is 15.3 Å². The third-order valence-electron chi connectivity index (χ3n) is 2.96. The normalized spacial score (nSPS) is 10.6. The summed E-state index contributed by atoms with van der Waals surface area (Å²) in [5.74, 6) is 0.415. The average molecular weight is 422 g/mol. The number of carbonyl (C=O) groups is 1. The maximum Gasteiger partial charge on any atom is 0.284 e. The van der Waals surface area contributed by atoms with Crippen molar-refractivity contribution in [3.8, 4) is 11.5 Å². The Kier molecular flexibility index (Phi) is 4.58. The SMILES string of the molecule is Cc1ccc(-c2nnc(SC(=O)c3ccc(I)cc3)o2)cc1. The maximum absolute atomic E-state index is 12.1. The molecule has 0 unspecified atom stereocenters. The summed E-state index contributed by atoms with van der Waals surface area (Å²) in [6.07, 6.45) is 0. The molecule has 0 atom stereocenters. The Bertz CT molecular complexity index is 798. The second kappa shape index (κ2) is 6.62. The summed E-state index contributed by atoms with van der Waals surface area (Å²) in [4.78, 5) is 12.1. The van der Waals surface area contributed by atoms with Gasteiger partial charge in [-0.15, -0.1) is 10.2 Å². The fourth-order valence-corrected chi connectivity index (χ4v) is 2.76. The molecule has 22 heavy (non-hydrogen) atoms. The number of thioether (sulfide) groups is 1. The largest absolute Gasteiger partial charge is 0.411 e. The molecule has 1 heterocycles. The van der Waals surface area contributed by atoms with Crippen LogP contribution in [0.3, 0.4) is 0 Å². The minimum atomic E-state index is -0.115. The van der Waals surface area contributed by atoms with E-state index in [-0.39, 0.29) is 10.3 Å². The van der Waals surface area contributed by atoms with Crippen molar-refractivity contribution in [3.63, 3.8) is 0 Å². The van der Waals surface area contributed by atoms with Crippen molar-refractivity contribution >= 4 is 39.5 Å². The number of benzene rings is 2.